The third-order valence-electron chi connectivity index (χ3n) is 6.53. The van der Waals surface area contributed by atoms with Crippen LogP contribution >= 0.6 is 0 Å². The molecule has 182 valence electrons. The summed E-state index contributed by atoms with van der Waals surface area (Å²) in [6.07, 6.45) is 2.94. The molecule has 1 saturated carbocycles. The van der Waals surface area contributed by atoms with Gasteiger partial charge in [-0.25, -0.2) is 0 Å². The molecule has 1 heterocycles. The first-order chi connectivity index (χ1) is 15.7. The van der Waals surface area contributed by atoms with E-state index in [0.717, 1.165) is 12.8 Å². The normalized spacial score (nSPS) is 24.3. The van der Waals surface area contributed by atoms with Crippen LogP contribution < -0.4 is 10.1 Å². The predicted octanol–water partition coefficient (Wildman–Crippen LogP) is 3.17. The van der Waals surface area contributed by atoms with Crippen LogP contribution in [0.3, 0.4) is 0 Å². The maximum Gasteiger partial charge on any atom is 0.257 e. The van der Waals surface area contributed by atoms with Gasteiger partial charge in [0.05, 0.1) is 17.7 Å². The van der Waals surface area contributed by atoms with Gasteiger partial charge in [-0.05, 0) is 43.9 Å². The van der Waals surface area contributed by atoms with Gasteiger partial charge < -0.3 is 24.6 Å². The molecule has 0 radical (unpaired) electrons. The maximum absolute atomic E-state index is 13.3. The van der Waals surface area contributed by atoms with E-state index in [1.807, 2.05) is 11.8 Å². The Balaban J connectivity index is 1.92. The lowest BCUT2D eigenvalue weighted by atomic mass is 10.0. The van der Waals surface area contributed by atoms with E-state index in [-0.39, 0.29) is 42.4 Å². The lowest BCUT2D eigenvalue weighted by Crippen LogP contribution is -2.48. The van der Waals surface area contributed by atoms with Crippen molar-refractivity contribution in [2.45, 2.75) is 58.6 Å². The number of anilines is 1. The van der Waals surface area contributed by atoms with Crippen LogP contribution in [-0.2, 0) is 14.3 Å². The van der Waals surface area contributed by atoms with E-state index in [9.17, 15) is 14.4 Å². The third-order valence-corrected chi connectivity index (χ3v) is 6.53. The zero-order valence-electron chi connectivity index (χ0n) is 20.4. The van der Waals surface area contributed by atoms with Gasteiger partial charge in [0.1, 0.15) is 12.4 Å². The van der Waals surface area contributed by atoms with E-state index in [0.29, 0.717) is 48.8 Å². The first-order valence-electron chi connectivity index (χ1n) is 11.9. The van der Waals surface area contributed by atoms with E-state index in [2.05, 4.69) is 12.2 Å². The SMILES string of the molecule is CCC(=O)Nc1ccc2c(c1)C(=O)N(C)C[C@@H](OC)[C@@H](C)CN(C(=O)CC1CC1)[C@H](C)CO2. The van der Waals surface area contributed by atoms with Gasteiger partial charge >= 0.3 is 0 Å². The van der Waals surface area contributed by atoms with Crippen LogP contribution in [0.4, 0.5) is 5.69 Å². The third kappa shape index (κ3) is 6.47. The minimum atomic E-state index is -0.228. The first-order valence-corrected chi connectivity index (χ1v) is 11.9. The summed E-state index contributed by atoms with van der Waals surface area (Å²) in [5.41, 5.74) is 0.918. The molecule has 0 saturated heterocycles. The summed E-state index contributed by atoms with van der Waals surface area (Å²) in [6.45, 7) is 7.00. The smallest absolute Gasteiger partial charge is 0.257 e. The molecule has 8 nitrogen and oxygen atoms in total. The number of methoxy groups -OCH3 is 1. The summed E-state index contributed by atoms with van der Waals surface area (Å²) < 4.78 is 11.8. The van der Waals surface area contributed by atoms with E-state index < -0.39 is 0 Å². The summed E-state index contributed by atoms with van der Waals surface area (Å²) in [5.74, 6) is 0.782. The average Bonchev–Trinajstić information content (AvgIpc) is 3.62. The number of ether oxygens (including phenoxy) is 2. The highest BCUT2D eigenvalue weighted by Crippen LogP contribution is 2.33. The number of nitrogens with one attached hydrogen (secondary N) is 1. The van der Waals surface area contributed by atoms with Gasteiger partial charge in [-0.3, -0.25) is 14.4 Å². The largest absolute Gasteiger partial charge is 0.491 e. The average molecular weight is 460 g/mol. The van der Waals surface area contributed by atoms with Crippen molar-refractivity contribution in [1.29, 1.82) is 0 Å². The zero-order valence-corrected chi connectivity index (χ0v) is 20.4. The summed E-state index contributed by atoms with van der Waals surface area (Å²) >= 11 is 0. The Morgan fingerprint density at radius 1 is 1.21 bits per heavy atom. The predicted molar refractivity (Wildman–Crippen MR) is 126 cm³/mol. The van der Waals surface area contributed by atoms with Gasteiger partial charge in [0.2, 0.25) is 11.8 Å². The number of carbonyl (C=O) groups is 3. The molecule has 0 bridgehead atoms. The quantitative estimate of drug-likeness (QED) is 0.731. The monoisotopic (exact) mass is 459 g/mol. The van der Waals surface area contributed by atoms with Crippen molar-refractivity contribution in [1.82, 2.24) is 9.80 Å². The van der Waals surface area contributed by atoms with Crippen LogP contribution in [0.25, 0.3) is 0 Å². The van der Waals surface area contributed by atoms with Gasteiger partial charge in [0, 0.05) is 51.7 Å². The Morgan fingerprint density at radius 3 is 2.58 bits per heavy atom. The van der Waals surface area contributed by atoms with E-state index >= 15 is 0 Å². The Morgan fingerprint density at radius 2 is 1.94 bits per heavy atom. The molecule has 3 amide bonds. The molecule has 0 unspecified atom stereocenters. The summed E-state index contributed by atoms with van der Waals surface area (Å²) in [6, 6.07) is 4.93. The highest BCUT2D eigenvalue weighted by atomic mass is 16.5. The molecule has 1 aliphatic carbocycles. The molecular weight excluding hydrogens is 422 g/mol. The summed E-state index contributed by atoms with van der Waals surface area (Å²) in [7, 11) is 3.37. The van der Waals surface area contributed by atoms with Crippen molar-refractivity contribution in [3.63, 3.8) is 0 Å². The van der Waals surface area contributed by atoms with Crippen molar-refractivity contribution >= 4 is 23.4 Å². The molecular formula is C25H37N3O5. The molecule has 0 spiro atoms. The first kappa shape index (κ1) is 25.0. The second-order valence-electron chi connectivity index (χ2n) is 9.40. The van der Waals surface area contributed by atoms with Crippen LogP contribution in [-0.4, -0.2) is 73.5 Å². The molecule has 1 N–H and O–H groups in total. The molecule has 1 aromatic carbocycles. The summed E-state index contributed by atoms with van der Waals surface area (Å²) in [5, 5.41) is 2.80. The molecule has 1 aliphatic heterocycles. The number of amides is 3. The molecule has 2 aliphatic rings. The van der Waals surface area contributed by atoms with Crippen molar-refractivity contribution in [2.24, 2.45) is 11.8 Å². The molecule has 1 aromatic rings. The molecule has 0 aromatic heterocycles. The van der Waals surface area contributed by atoms with Gasteiger partial charge in [0.15, 0.2) is 0 Å². The highest BCUT2D eigenvalue weighted by Gasteiger charge is 2.33. The van der Waals surface area contributed by atoms with E-state index in [4.69, 9.17) is 9.47 Å². The standard InChI is InChI=1S/C25H37N3O5/c1-6-23(29)26-19-9-10-21-20(12-19)25(31)27(4)14-22(32-5)16(2)13-28(17(3)15-33-21)24(30)11-18-7-8-18/h9-10,12,16-18,22H,6-8,11,13-15H2,1-5H3,(H,26,29)/t16-,17+,22+/m0/s1. The zero-order chi connectivity index (χ0) is 24.1. The number of hydrogen-bond donors (Lipinski definition) is 1. The van der Waals surface area contributed by atoms with Crippen molar-refractivity contribution in [3.8, 4) is 5.75 Å². The number of rotatable bonds is 5. The Hall–Kier alpha value is -2.61. The van der Waals surface area contributed by atoms with Gasteiger partial charge in [-0.15, -0.1) is 0 Å². The Labute approximate surface area is 196 Å². The molecule has 8 heteroatoms. The molecule has 3 rings (SSSR count). The Kier molecular flexibility index (Phi) is 8.35. The second kappa shape index (κ2) is 11.0. The van der Waals surface area contributed by atoms with Crippen molar-refractivity contribution < 1.29 is 23.9 Å². The van der Waals surface area contributed by atoms with Crippen LogP contribution in [0, 0.1) is 11.8 Å². The number of nitrogens with zero attached hydrogens (tertiary/aromatic N) is 2. The topological polar surface area (TPSA) is 88.2 Å². The fourth-order valence-corrected chi connectivity index (χ4v) is 4.14. The maximum atomic E-state index is 13.3. The van der Waals surface area contributed by atoms with Gasteiger partial charge in [0.25, 0.3) is 5.91 Å². The lowest BCUT2D eigenvalue weighted by Gasteiger charge is -2.36. The van der Waals surface area contributed by atoms with Gasteiger partial charge in [-0.1, -0.05) is 13.8 Å². The lowest BCUT2D eigenvalue weighted by molar-refractivity contribution is -0.135. The fraction of sp³-hybridized carbons (Fsp3) is 0.640. The van der Waals surface area contributed by atoms with Crippen LogP contribution in [0.5, 0.6) is 5.75 Å². The van der Waals surface area contributed by atoms with Crippen molar-refractivity contribution in [2.75, 3.05) is 39.2 Å². The number of likely N-dealkylation sites (N-methyl/N-ethyl adjacent to an activating group) is 1. The number of benzene rings is 1. The van der Waals surface area contributed by atoms with E-state index in [1.54, 1.807) is 44.2 Å². The van der Waals surface area contributed by atoms with Crippen LogP contribution in [0.15, 0.2) is 18.2 Å². The number of fused-ring (bicyclic) bond motifs is 1. The molecule has 3 atom stereocenters. The Bertz CT molecular complexity index is 870. The summed E-state index contributed by atoms with van der Waals surface area (Å²) in [4.78, 5) is 41.8. The molecule has 33 heavy (non-hydrogen) atoms. The number of hydrogen-bond acceptors (Lipinski definition) is 5. The van der Waals surface area contributed by atoms with Crippen LogP contribution in [0.2, 0.25) is 0 Å². The minimum Gasteiger partial charge on any atom is -0.491 e. The fourth-order valence-electron chi connectivity index (χ4n) is 4.14. The second-order valence-corrected chi connectivity index (χ2v) is 9.40. The van der Waals surface area contributed by atoms with Gasteiger partial charge in [-0.2, -0.15) is 0 Å². The molecule has 1 fully saturated rings. The van der Waals surface area contributed by atoms with Crippen molar-refractivity contribution in [3.05, 3.63) is 23.8 Å². The van der Waals surface area contributed by atoms with E-state index in [1.165, 1.54) is 0 Å². The number of carbonyl (C=O) groups excluding carboxylic acids is 3. The van der Waals surface area contributed by atoms with Crippen LogP contribution in [0.1, 0.15) is 56.8 Å². The highest BCUT2D eigenvalue weighted by molar-refractivity contribution is 5.99. The minimum absolute atomic E-state index is 0.0323.